The lowest BCUT2D eigenvalue weighted by Crippen LogP contribution is -2.62. The summed E-state index contributed by atoms with van der Waals surface area (Å²) in [5.41, 5.74) is 2.91. The Bertz CT molecular complexity index is 928. The van der Waals surface area contributed by atoms with Gasteiger partial charge in [-0.05, 0) is 37.8 Å². The van der Waals surface area contributed by atoms with Crippen LogP contribution in [0.2, 0.25) is 0 Å². The number of hydrogen-bond donors (Lipinski definition) is 1. The molecule has 1 N–H and O–H groups in total. The largest absolute Gasteiger partial charge is 0.360 e. The van der Waals surface area contributed by atoms with Gasteiger partial charge in [0, 0.05) is 37.6 Å². The summed E-state index contributed by atoms with van der Waals surface area (Å²) in [4.78, 5) is 39.8. The quantitative estimate of drug-likeness (QED) is 0.789. The van der Waals surface area contributed by atoms with Gasteiger partial charge in [0.1, 0.15) is 5.69 Å². The number of pyridine rings is 1. The van der Waals surface area contributed by atoms with Crippen LogP contribution in [0.1, 0.15) is 18.5 Å². The number of nitrogens with one attached hydrogen (secondary N) is 1. The molecule has 0 unspecified atom stereocenters. The summed E-state index contributed by atoms with van der Waals surface area (Å²) in [6, 6.07) is 2.04. The van der Waals surface area contributed by atoms with Crippen LogP contribution >= 0.6 is 0 Å². The van der Waals surface area contributed by atoms with E-state index in [-0.39, 0.29) is 17.5 Å². The van der Waals surface area contributed by atoms with Crippen LogP contribution in [0.3, 0.4) is 0 Å². The van der Waals surface area contributed by atoms with Crippen LogP contribution in [0.5, 0.6) is 0 Å². The van der Waals surface area contributed by atoms with Crippen molar-refractivity contribution >= 4 is 11.6 Å². The smallest absolute Gasteiger partial charge is 0.271 e. The summed E-state index contributed by atoms with van der Waals surface area (Å²) in [6.45, 7) is 7.51. The van der Waals surface area contributed by atoms with E-state index < -0.39 is 0 Å². The zero-order chi connectivity index (χ0) is 19.0. The van der Waals surface area contributed by atoms with Crippen LogP contribution in [-0.4, -0.2) is 51.4 Å². The third-order valence-corrected chi connectivity index (χ3v) is 5.18. The highest BCUT2D eigenvalue weighted by molar-refractivity contribution is 5.87. The van der Waals surface area contributed by atoms with Crippen LogP contribution in [0.25, 0.3) is 11.3 Å². The summed E-state index contributed by atoms with van der Waals surface area (Å²) in [7, 11) is 0. The molecule has 0 spiro atoms. The van der Waals surface area contributed by atoms with E-state index in [1.165, 1.54) is 18.9 Å². The number of carbonyl (C=O) groups is 1. The van der Waals surface area contributed by atoms with Crippen LogP contribution < -0.4 is 10.5 Å². The molecule has 2 aromatic rings. The molecule has 1 amide bonds. The number of aryl methyl sites for hydroxylation is 1. The predicted octanol–water partition coefficient (Wildman–Crippen LogP) is 1.75. The number of aromatic amines is 1. The zero-order valence-corrected chi connectivity index (χ0v) is 15.4. The fourth-order valence-corrected chi connectivity index (χ4v) is 3.42. The zero-order valence-electron chi connectivity index (χ0n) is 15.4. The maximum absolute atomic E-state index is 12.6. The van der Waals surface area contributed by atoms with Gasteiger partial charge >= 0.3 is 0 Å². The first-order valence-electron chi connectivity index (χ1n) is 9.25. The number of carbonyl (C=O) groups excluding carboxylic acids is 1. The highest BCUT2D eigenvalue weighted by atomic mass is 16.2. The van der Waals surface area contributed by atoms with Crippen LogP contribution in [0, 0.1) is 12.8 Å². The Morgan fingerprint density at radius 2 is 2.19 bits per heavy atom. The van der Waals surface area contributed by atoms with Crippen LogP contribution in [0.15, 0.2) is 42.1 Å². The Balaban J connectivity index is 1.63. The summed E-state index contributed by atoms with van der Waals surface area (Å²) < 4.78 is 0. The van der Waals surface area contributed by atoms with Crippen molar-refractivity contribution in [3.05, 3.63) is 53.4 Å². The average molecular weight is 365 g/mol. The van der Waals surface area contributed by atoms with Crippen molar-refractivity contribution in [3.63, 3.8) is 0 Å². The van der Waals surface area contributed by atoms with E-state index in [9.17, 15) is 9.59 Å². The minimum atomic E-state index is -0.117. The van der Waals surface area contributed by atoms with Gasteiger partial charge in [-0.25, -0.2) is 4.98 Å². The molecule has 0 bridgehead atoms. The van der Waals surface area contributed by atoms with E-state index in [2.05, 4.69) is 26.4 Å². The number of H-pyrrole nitrogens is 1. The van der Waals surface area contributed by atoms with Crippen LogP contribution in [0.4, 0.5) is 5.69 Å². The molecule has 7 nitrogen and oxygen atoms in total. The van der Waals surface area contributed by atoms with Gasteiger partial charge in [0.2, 0.25) is 5.91 Å². The molecule has 1 saturated carbocycles. The standard InChI is InChI=1S/C20H23N5O2/c1-3-19(26)24-11-16(12-24)25(10-14-4-5-14)18-6-15(8-22-20(18)27)17-9-21-7-13(2)23-17/h3,6-9,14,16H,1,4-5,10-12H2,2H3,(H,22,27). The number of aromatic nitrogens is 3. The maximum Gasteiger partial charge on any atom is 0.271 e. The fourth-order valence-electron chi connectivity index (χ4n) is 3.42. The molecular weight excluding hydrogens is 342 g/mol. The van der Waals surface area contributed by atoms with E-state index in [0.717, 1.165) is 23.5 Å². The Labute approximate surface area is 157 Å². The molecule has 3 heterocycles. The molecule has 2 aliphatic rings. The highest BCUT2D eigenvalue weighted by Gasteiger charge is 2.37. The number of hydrogen-bond acceptors (Lipinski definition) is 5. The van der Waals surface area contributed by atoms with Gasteiger partial charge in [-0.15, -0.1) is 0 Å². The summed E-state index contributed by atoms with van der Waals surface area (Å²) in [5, 5.41) is 0. The summed E-state index contributed by atoms with van der Waals surface area (Å²) in [5.74, 6) is 0.561. The molecule has 7 heteroatoms. The van der Waals surface area contributed by atoms with Gasteiger partial charge in [-0.3, -0.25) is 14.6 Å². The lowest BCUT2D eigenvalue weighted by Gasteiger charge is -2.46. The van der Waals surface area contributed by atoms with Gasteiger partial charge in [0.25, 0.3) is 5.56 Å². The lowest BCUT2D eigenvalue weighted by atomic mass is 10.0. The molecule has 0 aromatic carbocycles. The second-order valence-corrected chi connectivity index (χ2v) is 7.35. The van der Waals surface area contributed by atoms with Crippen LogP contribution in [-0.2, 0) is 4.79 Å². The van der Waals surface area contributed by atoms with Gasteiger partial charge in [-0.2, -0.15) is 0 Å². The first kappa shape index (κ1) is 17.5. The van der Waals surface area contributed by atoms with Gasteiger partial charge < -0.3 is 14.8 Å². The van der Waals surface area contributed by atoms with Crippen molar-refractivity contribution < 1.29 is 4.79 Å². The molecule has 0 radical (unpaired) electrons. The minimum absolute atomic E-state index is 0.0599. The van der Waals surface area contributed by atoms with Crippen molar-refractivity contribution in [1.29, 1.82) is 0 Å². The second kappa shape index (κ2) is 6.98. The van der Waals surface area contributed by atoms with Crippen molar-refractivity contribution in [2.45, 2.75) is 25.8 Å². The molecule has 1 aliphatic heterocycles. The SMILES string of the molecule is C=CC(=O)N1CC(N(CC2CC2)c2cc(-c3cncc(C)n3)c[nH]c2=O)C1. The van der Waals surface area contributed by atoms with Crippen molar-refractivity contribution in [2.24, 2.45) is 5.92 Å². The average Bonchev–Trinajstić information content (AvgIpc) is 3.44. The van der Waals surface area contributed by atoms with Crippen molar-refractivity contribution in [3.8, 4) is 11.3 Å². The third kappa shape index (κ3) is 3.63. The minimum Gasteiger partial charge on any atom is -0.360 e. The van der Waals surface area contributed by atoms with E-state index in [1.54, 1.807) is 23.5 Å². The number of amides is 1. The molecule has 2 fully saturated rings. The molecular formula is C20H23N5O2. The molecule has 1 aliphatic carbocycles. The Kier molecular flexibility index (Phi) is 4.51. The topological polar surface area (TPSA) is 82.2 Å². The van der Waals surface area contributed by atoms with E-state index in [0.29, 0.717) is 24.7 Å². The molecule has 2 aromatic heterocycles. The molecule has 0 atom stereocenters. The first-order valence-corrected chi connectivity index (χ1v) is 9.25. The fraction of sp³-hybridized carbons (Fsp3) is 0.400. The maximum atomic E-state index is 12.6. The molecule has 4 rings (SSSR count). The Morgan fingerprint density at radius 1 is 1.41 bits per heavy atom. The Morgan fingerprint density at radius 3 is 2.85 bits per heavy atom. The Hall–Kier alpha value is -2.96. The van der Waals surface area contributed by atoms with E-state index >= 15 is 0 Å². The monoisotopic (exact) mass is 365 g/mol. The van der Waals surface area contributed by atoms with Gasteiger partial charge in [-0.1, -0.05) is 6.58 Å². The lowest BCUT2D eigenvalue weighted by molar-refractivity contribution is -0.130. The first-order chi connectivity index (χ1) is 13.0. The molecule has 27 heavy (non-hydrogen) atoms. The number of rotatable bonds is 6. The number of anilines is 1. The van der Waals surface area contributed by atoms with E-state index in [4.69, 9.17) is 0 Å². The molecule has 1 saturated heterocycles. The summed E-state index contributed by atoms with van der Waals surface area (Å²) >= 11 is 0. The van der Waals surface area contributed by atoms with Crippen molar-refractivity contribution in [2.75, 3.05) is 24.5 Å². The predicted molar refractivity (Wildman–Crippen MR) is 103 cm³/mol. The normalized spacial score (nSPS) is 16.7. The van der Waals surface area contributed by atoms with E-state index in [1.807, 2.05) is 13.0 Å². The molecule has 140 valence electrons. The highest BCUT2D eigenvalue weighted by Crippen LogP contribution is 2.33. The van der Waals surface area contributed by atoms with Gasteiger partial charge in [0.05, 0.1) is 23.6 Å². The van der Waals surface area contributed by atoms with Crippen molar-refractivity contribution in [1.82, 2.24) is 19.9 Å². The second-order valence-electron chi connectivity index (χ2n) is 7.35. The summed E-state index contributed by atoms with van der Waals surface area (Å²) in [6.07, 6.45) is 8.81. The number of nitrogens with zero attached hydrogens (tertiary/aromatic N) is 4. The third-order valence-electron chi connectivity index (χ3n) is 5.18. The number of likely N-dealkylation sites (tertiary alicyclic amines) is 1. The van der Waals surface area contributed by atoms with Gasteiger partial charge in [0.15, 0.2) is 0 Å².